The van der Waals surface area contributed by atoms with E-state index in [0.29, 0.717) is 12.8 Å². The van der Waals surface area contributed by atoms with Crippen LogP contribution in [0.25, 0.3) is 0 Å². The lowest BCUT2D eigenvalue weighted by Gasteiger charge is -2.33. The number of rotatable bonds is 4. The van der Waals surface area contributed by atoms with E-state index >= 15 is 0 Å². The minimum atomic E-state index is -1.08. The van der Waals surface area contributed by atoms with Gasteiger partial charge in [-0.15, -0.1) is 0 Å². The molecule has 108 valence electrons. The number of carboxylic acid groups (broad SMARTS) is 1. The van der Waals surface area contributed by atoms with Crippen LogP contribution >= 0.6 is 11.8 Å². The molecule has 1 aliphatic rings. The summed E-state index contributed by atoms with van der Waals surface area (Å²) < 4.78 is 0. The summed E-state index contributed by atoms with van der Waals surface area (Å²) in [6.07, 6.45) is 1.21. The molecular formula is C15H19NO3S. The Bertz CT molecular complexity index is 492. The Hall–Kier alpha value is -1.49. The molecule has 0 unspecified atom stereocenters. The molecule has 20 heavy (non-hydrogen) atoms. The molecular weight excluding hydrogens is 274 g/mol. The van der Waals surface area contributed by atoms with Crippen LogP contribution in [0.3, 0.4) is 0 Å². The van der Waals surface area contributed by atoms with E-state index in [1.165, 1.54) is 0 Å². The van der Waals surface area contributed by atoms with Gasteiger partial charge in [0.2, 0.25) is 5.91 Å². The van der Waals surface area contributed by atoms with E-state index in [1.807, 2.05) is 31.2 Å². The molecule has 1 fully saturated rings. The van der Waals surface area contributed by atoms with Crippen LogP contribution in [-0.2, 0) is 16.0 Å². The Morgan fingerprint density at radius 2 is 1.85 bits per heavy atom. The lowest BCUT2D eigenvalue weighted by molar-refractivity contribution is -0.148. The van der Waals surface area contributed by atoms with E-state index in [1.54, 1.807) is 11.8 Å². The lowest BCUT2D eigenvalue weighted by atomic mass is 9.92. The van der Waals surface area contributed by atoms with Crippen molar-refractivity contribution in [2.45, 2.75) is 31.7 Å². The molecule has 0 spiro atoms. The molecule has 0 atom stereocenters. The van der Waals surface area contributed by atoms with Gasteiger partial charge in [0.05, 0.1) is 6.42 Å². The number of nitrogens with one attached hydrogen (secondary N) is 1. The third-order valence-electron chi connectivity index (χ3n) is 3.62. The SMILES string of the molecule is Cc1ccc(CC(=O)NC2(C(=O)O)CCSCC2)cc1. The molecule has 2 N–H and O–H groups in total. The first-order valence-corrected chi connectivity index (χ1v) is 7.85. The van der Waals surface area contributed by atoms with Crippen molar-refractivity contribution in [1.82, 2.24) is 5.32 Å². The van der Waals surface area contributed by atoms with Gasteiger partial charge in [-0.25, -0.2) is 4.79 Å². The Balaban J connectivity index is 2.01. The highest BCUT2D eigenvalue weighted by molar-refractivity contribution is 7.99. The summed E-state index contributed by atoms with van der Waals surface area (Å²) in [6, 6.07) is 7.71. The second kappa shape index (κ2) is 6.31. The lowest BCUT2D eigenvalue weighted by Crippen LogP contribution is -2.56. The molecule has 1 aromatic carbocycles. The number of thioether (sulfide) groups is 1. The first kappa shape index (κ1) is 14.9. The smallest absolute Gasteiger partial charge is 0.329 e. The van der Waals surface area contributed by atoms with Gasteiger partial charge < -0.3 is 10.4 Å². The standard InChI is InChI=1S/C15H19NO3S/c1-11-2-4-12(5-3-11)10-13(17)16-15(14(18)19)6-8-20-9-7-15/h2-5H,6-10H2,1H3,(H,16,17)(H,18,19). The second-order valence-corrected chi connectivity index (χ2v) is 6.43. The van der Waals surface area contributed by atoms with Crippen LogP contribution in [-0.4, -0.2) is 34.0 Å². The van der Waals surface area contributed by atoms with Gasteiger partial charge in [-0.3, -0.25) is 4.79 Å². The molecule has 0 saturated carbocycles. The number of carboxylic acids is 1. The highest BCUT2D eigenvalue weighted by Gasteiger charge is 2.41. The van der Waals surface area contributed by atoms with Gasteiger partial charge in [-0.05, 0) is 36.8 Å². The van der Waals surface area contributed by atoms with Crippen molar-refractivity contribution in [2.75, 3.05) is 11.5 Å². The van der Waals surface area contributed by atoms with Crippen molar-refractivity contribution in [3.8, 4) is 0 Å². The molecule has 1 aliphatic heterocycles. The molecule has 2 rings (SSSR count). The van der Waals surface area contributed by atoms with Crippen molar-refractivity contribution in [3.05, 3.63) is 35.4 Å². The molecule has 5 heteroatoms. The van der Waals surface area contributed by atoms with E-state index in [9.17, 15) is 14.7 Å². The van der Waals surface area contributed by atoms with E-state index < -0.39 is 11.5 Å². The Morgan fingerprint density at radius 3 is 2.40 bits per heavy atom. The Labute approximate surface area is 123 Å². The van der Waals surface area contributed by atoms with Crippen LogP contribution in [0.5, 0.6) is 0 Å². The van der Waals surface area contributed by atoms with Crippen LogP contribution in [0.4, 0.5) is 0 Å². The van der Waals surface area contributed by atoms with Crippen molar-refractivity contribution in [3.63, 3.8) is 0 Å². The number of amides is 1. The van der Waals surface area contributed by atoms with Gasteiger partial charge in [0.1, 0.15) is 5.54 Å². The number of aryl methyl sites for hydroxylation is 1. The maximum Gasteiger partial charge on any atom is 0.329 e. The number of hydrogen-bond donors (Lipinski definition) is 2. The normalized spacial score (nSPS) is 17.4. The number of hydrogen-bond acceptors (Lipinski definition) is 3. The van der Waals surface area contributed by atoms with Crippen LogP contribution in [0.2, 0.25) is 0 Å². The minimum Gasteiger partial charge on any atom is -0.480 e. The van der Waals surface area contributed by atoms with Crippen molar-refractivity contribution in [1.29, 1.82) is 0 Å². The van der Waals surface area contributed by atoms with Gasteiger partial charge >= 0.3 is 5.97 Å². The monoisotopic (exact) mass is 293 g/mol. The van der Waals surface area contributed by atoms with Crippen molar-refractivity contribution in [2.24, 2.45) is 0 Å². The third kappa shape index (κ3) is 3.54. The zero-order chi connectivity index (χ0) is 14.6. The van der Waals surface area contributed by atoms with Crippen LogP contribution < -0.4 is 5.32 Å². The van der Waals surface area contributed by atoms with Gasteiger partial charge in [-0.2, -0.15) is 11.8 Å². The summed E-state index contributed by atoms with van der Waals surface area (Å²) in [4.78, 5) is 23.6. The predicted molar refractivity (Wildman–Crippen MR) is 80.0 cm³/mol. The molecule has 1 aromatic rings. The van der Waals surface area contributed by atoms with Gasteiger partial charge in [-0.1, -0.05) is 29.8 Å². The molecule has 0 bridgehead atoms. The fourth-order valence-electron chi connectivity index (χ4n) is 2.31. The quantitative estimate of drug-likeness (QED) is 0.891. The number of aliphatic carboxylic acids is 1. The van der Waals surface area contributed by atoms with Crippen LogP contribution in [0, 0.1) is 6.92 Å². The number of benzene rings is 1. The summed E-state index contributed by atoms with van der Waals surface area (Å²) >= 11 is 1.73. The van der Waals surface area contributed by atoms with Crippen LogP contribution in [0.15, 0.2) is 24.3 Å². The Morgan fingerprint density at radius 1 is 1.25 bits per heavy atom. The molecule has 1 amide bonds. The molecule has 0 radical (unpaired) electrons. The van der Waals surface area contributed by atoms with E-state index in [0.717, 1.165) is 22.6 Å². The molecule has 0 aromatic heterocycles. The van der Waals surface area contributed by atoms with Gasteiger partial charge in [0.15, 0.2) is 0 Å². The van der Waals surface area contributed by atoms with Gasteiger partial charge in [0.25, 0.3) is 0 Å². The summed E-state index contributed by atoms with van der Waals surface area (Å²) in [5.74, 6) is 0.409. The number of carbonyl (C=O) groups is 2. The molecule has 1 saturated heterocycles. The fraction of sp³-hybridized carbons (Fsp3) is 0.467. The van der Waals surface area contributed by atoms with Crippen molar-refractivity contribution >= 4 is 23.6 Å². The third-order valence-corrected chi connectivity index (χ3v) is 4.61. The molecule has 1 heterocycles. The van der Waals surface area contributed by atoms with Gasteiger partial charge in [0, 0.05) is 0 Å². The fourth-order valence-corrected chi connectivity index (χ4v) is 3.50. The summed E-state index contributed by atoms with van der Waals surface area (Å²) in [6.45, 7) is 1.99. The zero-order valence-electron chi connectivity index (χ0n) is 11.5. The first-order valence-electron chi connectivity index (χ1n) is 6.69. The largest absolute Gasteiger partial charge is 0.480 e. The summed E-state index contributed by atoms with van der Waals surface area (Å²) in [5, 5.41) is 12.2. The topological polar surface area (TPSA) is 66.4 Å². The number of carbonyl (C=O) groups excluding carboxylic acids is 1. The zero-order valence-corrected chi connectivity index (χ0v) is 12.3. The minimum absolute atomic E-state index is 0.219. The predicted octanol–water partition coefficient (Wildman–Crippen LogP) is 2.00. The summed E-state index contributed by atoms with van der Waals surface area (Å²) in [5.41, 5.74) is 0.965. The second-order valence-electron chi connectivity index (χ2n) is 5.21. The Kier molecular flexibility index (Phi) is 4.70. The maximum atomic E-state index is 12.1. The highest BCUT2D eigenvalue weighted by Crippen LogP contribution is 2.27. The first-order chi connectivity index (χ1) is 9.52. The maximum absolute atomic E-state index is 12.1. The average Bonchev–Trinajstić information content (AvgIpc) is 2.42. The molecule has 4 nitrogen and oxygen atoms in total. The van der Waals surface area contributed by atoms with E-state index in [2.05, 4.69) is 5.32 Å². The van der Waals surface area contributed by atoms with Crippen LogP contribution in [0.1, 0.15) is 24.0 Å². The average molecular weight is 293 g/mol. The van der Waals surface area contributed by atoms with Crippen molar-refractivity contribution < 1.29 is 14.7 Å². The highest BCUT2D eigenvalue weighted by atomic mass is 32.2. The van der Waals surface area contributed by atoms with E-state index in [4.69, 9.17) is 0 Å². The summed E-state index contributed by atoms with van der Waals surface area (Å²) in [7, 11) is 0. The molecule has 0 aliphatic carbocycles. The van der Waals surface area contributed by atoms with E-state index in [-0.39, 0.29) is 12.3 Å².